The van der Waals surface area contributed by atoms with E-state index >= 15 is 0 Å². The van der Waals surface area contributed by atoms with Crippen molar-refractivity contribution in [2.75, 3.05) is 39.3 Å². The molecule has 1 aromatic rings. The molecule has 1 aliphatic rings. The molecule has 0 amide bonds. The van der Waals surface area contributed by atoms with E-state index in [1.807, 2.05) is 18.2 Å². The number of hydrogen-bond acceptors (Lipinski definition) is 4. The molecule has 4 heteroatoms. The fourth-order valence-electron chi connectivity index (χ4n) is 1.82. The Hall–Kier alpha value is -1.42. The molecule has 1 aliphatic heterocycles. The van der Waals surface area contributed by atoms with E-state index < -0.39 is 0 Å². The molecule has 2 rings (SSSR count). The van der Waals surface area contributed by atoms with Crippen molar-refractivity contribution >= 4 is 5.69 Å². The van der Waals surface area contributed by atoms with E-state index in [2.05, 4.69) is 17.3 Å². The minimum atomic E-state index is 0.558. The van der Waals surface area contributed by atoms with E-state index in [1.54, 1.807) is 14.2 Å². The topological polar surface area (TPSA) is 33.7 Å². The molecule has 0 atom stereocenters. The Morgan fingerprint density at radius 3 is 2.50 bits per heavy atom. The van der Waals surface area contributed by atoms with Crippen molar-refractivity contribution in [3.8, 4) is 11.5 Å². The van der Waals surface area contributed by atoms with Gasteiger partial charge in [-0.05, 0) is 12.1 Å². The zero-order valence-electron chi connectivity index (χ0n) is 9.99. The second-order valence-corrected chi connectivity index (χ2v) is 3.96. The molecule has 0 saturated carbocycles. The lowest BCUT2D eigenvalue weighted by Crippen LogP contribution is -2.56. The van der Waals surface area contributed by atoms with Crippen LogP contribution in [0.25, 0.3) is 0 Å². The number of anilines is 1. The first-order valence-electron chi connectivity index (χ1n) is 5.42. The standard InChI is InChI=1S/C12H18N2O2/c1-14(9-7-13-8-9)11-5-4-10(15-2)6-12(11)16-3/h4-6,9,13H,7-8H2,1-3H3. The minimum absolute atomic E-state index is 0.558. The summed E-state index contributed by atoms with van der Waals surface area (Å²) >= 11 is 0. The highest BCUT2D eigenvalue weighted by Gasteiger charge is 2.23. The van der Waals surface area contributed by atoms with E-state index in [-0.39, 0.29) is 0 Å². The molecule has 1 heterocycles. The zero-order chi connectivity index (χ0) is 11.5. The molecule has 0 bridgehead atoms. The highest BCUT2D eigenvalue weighted by atomic mass is 16.5. The average Bonchev–Trinajstić information content (AvgIpc) is 2.25. The molecule has 0 aromatic heterocycles. The number of benzene rings is 1. The number of likely N-dealkylation sites (N-methyl/N-ethyl adjacent to an activating group) is 1. The average molecular weight is 222 g/mol. The molecule has 16 heavy (non-hydrogen) atoms. The first-order chi connectivity index (χ1) is 7.76. The lowest BCUT2D eigenvalue weighted by molar-refractivity contribution is 0.388. The molecule has 1 N–H and O–H groups in total. The first kappa shape index (κ1) is 11.1. The number of rotatable bonds is 4. The molecule has 1 aromatic carbocycles. The van der Waals surface area contributed by atoms with Crippen molar-refractivity contribution in [3.63, 3.8) is 0 Å². The van der Waals surface area contributed by atoms with E-state index in [4.69, 9.17) is 9.47 Å². The third kappa shape index (κ3) is 1.93. The Balaban J connectivity index is 2.24. The van der Waals surface area contributed by atoms with Crippen molar-refractivity contribution in [1.82, 2.24) is 5.32 Å². The fourth-order valence-corrected chi connectivity index (χ4v) is 1.82. The van der Waals surface area contributed by atoms with Crippen molar-refractivity contribution in [1.29, 1.82) is 0 Å². The molecule has 0 radical (unpaired) electrons. The number of hydrogen-bond donors (Lipinski definition) is 1. The number of nitrogens with zero attached hydrogens (tertiary/aromatic N) is 1. The first-order valence-corrected chi connectivity index (χ1v) is 5.42. The van der Waals surface area contributed by atoms with Crippen LogP contribution in [0, 0.1) is 0 Å². The van der Waals surface area contributed by atoms with Crippen molar-refractivity contribution in [3.05, 3.63) is 18.2 Å². The van der Waals surface area contributed by atoms with Crippen LogP contribution in [-0.2, 0) is 0 Å². The highest BCUT2D eigenvalue weighted by Crippen LogP contribution is 2.32. The van der Waals surface area contributed by atoms with E-state index in [9.17, 15) is 0 Å². The summed E-state index contributed by atoms with van der Waals surface area (Å²) in [5.41, 5.74) is 1.11. The Kier molecular flexibility index (Phi) is 3.19. The second kappa shape index (κ2) is 4.61. The van der Waals surface area contributed by atoms with Gasteiger partial charge in [-0.3, -0.25) is 0 Å². The quantitative estimate of drug-likeness (QED) is 0.827. The smallest absolute Gasteiger partial charge is 0.145 e. The van der Waals surface area contributed by atoms with Crippen LogP contribution in [0.2, 0.25) is 0 Å². The SMILES string of the molecule is COc1ccc(N(C)C2CNC2)c(OC)c1. The van der Waals surface area contributed by atoms with E-state index in [0.717, 1.165) is 30.3 Å². The van der Waals surface area contributed by atoms with Crippen LogP contribution in [0.1, 0.15) is 0 Å². The summed E-state index contributed by atoms with van der Waals surface area (Å²) in [4.78, 5) is 2.24. The van der Waals surface area contributed by atoms with E-state index in [1.165, 1.54) is 0 Å². The molecule has 0 unspecified atom stereocenters. The number of nitrogens with one attached hydrogen (secondary N) is 1. The van der Waals surface area contributed by atoms with Crippen LogP contribution in [0.3, 0.4) is 0 Å². The largest absolute Gasteiger partial charge is 0.497 e. The molecule has 0 spiro atoms. The molecular formula is C12H18N2O2. The van der Waals surface area contributed by atoms with Crippen LogP contribution < -0.4 is 19.7 Å². The Labute approximate surface area is 96.2 Å². The molecule has 0 aliphatic carbocycles. The predicted molar refractivity (Wildman–Crippen MR) is 64.6 cm³/mol. The summed E-state index contributed by atoms with van der Waals surface area (Å²) < 4.78 is 10.6. The number of methoxy groups -OCH3 is 2. The minimum Gasteiger partial charge on any atom is -0.497 e. The summed E-state index contributed by atoms with van der Waals surface area (Å²) in [6.45, 7) is 2.07. The Bertz CT molecular complexity index is 364. The maximum Gasteiger partial charge on any atom is 0.145 e. The van der Waals surface area contributed by atoms with Crippen LogP contribution in [-0.4, -0.2) is 40.4 Å². The summed E-state index contributed by atoms with van der Waals surface area (Å²) in [5.74, 6) is 1.68. The maximum atomic E-state index is 5.39. The fraction of sp³-hybridized carbons (Fsp3) is 0.500. The highest BCUT2D eigenvalue weighted by molar-refractivity contribution is 5.61. The van der Waals surface area contributed by atoms with Crippen LogP contribution in [0.4, 0.5) is 5.69 Å². The molecular weight excluding hydrogens is 204 g/mol. The Morgan fingerprint density at radius 2 is 2.00 bits per heavy atom. The second-order valence-electron chi connectivity index (χ2n) is 3.96. The maximum absolute atomic E-state index is 5.39. The predicted octanol–water partition coefficient (Wildman–Crippen LogP) is 1.11. The third-order valence-corrected chi connectivity index (χ3v) is 3.07. The van der Waals surface area contributed by atoms with Crippen molar-refractivity contribution in [2.24, 2.45) is 0 Å². The van der Waals surface area contributed by atoms with Gasteiger partial charge in [-0.25, -0.2) is 0 Å². The summed E-state index contributed by atoms with van der Waals surface area (Å²) in [6.07, 6.45) is 0. The zero-order valence-corrected chi connectivity index (χ0v) is 9.99. The van der Waals surface area contributed by atoms with Gasteiger partial charge >= 0.3 is 0 Å². The van der Waals surface area contributed by atoms with Gasteiger partial charge in [0.2, 0.25) is 0 Å². The van der Waals surface area contributed by atoms with Crippen molar-refractivity contribution < 1.29 is 9.47 Å². The van der Waals surface area contributed by atoms with Gasteiger partial charge in [0.1, 0.15) is 11.5 Å². The Morgan fingerprint density at radius 1 is 1.25 bits per heavy atom. The molecule has 1 fully saturated rings. The van der Waals surface area contributed by atoms with Crippen molar-refractivity contribution in [2.45, 2.75) is 6.04 Å². The molecule has 88 valence electrons. The lowest BCUT2D eigenvalue weighted by atomic mass is 10.1. The molecule has 4 nitrogen and oxygen atoms in total. The molecule has 1 saturated heterocycles. The van der Waals surface area contributed by atoms with E-state index in [0.29, 0.717) is 6.04 Å². The monoisotopic (exact) mass is 222 g/mol. The summed E-state index contributed by atoms with van der Waals surface area (Å²) in [7, 11) is 5.44. The van der Waals surface area contributed by atoms with Crippen LogP contribution in [0.5, 0.6) is 11.5 Å². The lowest BCUT2D eigenvalue weighted by Gasteiger charge is -2.37. The van der Waals surface area contributed by atoms with Gasteiger partial charge in [-0.15, -0.1) is 0 Å². The van der Waals surface area contributed by atoms with Gasteiger partial charge in [0.05, 0.1) is 25.9 Å². The van der Waals surface area contributed by atoms with Gasteiger partial charge in [0, 0.05) is 26.2 Å². The third-order valence-electron chi connectivity index (χ3n) is 3.07. The summed E-state index contributed by atoms with van der Waals surface area (Å²) in [5, 5.41) is 3.26. The van der Waals surface area contributed by atoms with Gasteiger partial charge in [0.25, 0.3) is 0 Å². The summed E-state index contributed by atoms with van der Waals surface area (Å²) in [6, 6.07) is 6.47. The van der Waals surface area contributed by atoms with Gasteiger partial charge < -0.3 is 19.7 Å². The van der Waals surface area contributed by atoms with Gasteiger partial charge in [-0.1, -0.05) is 0 Å². The van der Waals surface area contributed by atoms with Gasteiger partial charge in [0.15, 0.2) is 0 Å². The normalized spacial score (nSPS) is 15.4. The van der Waals surface area contributed by atoms with Crippen LogP contribution >= 0.6 is 0 Å². The van der Waals surface area contributed by atoms with Crippen LogP contribution in [0.15, 0.2) is 18.2 Å². The van der Waals surface area contributed by atoms with Gasteiger partial charge in [-0.2, -0.15) is 0 Å². The number of ether oxygens (including phenoxy) is 2.